The fourth-order valence-corrected chi connectivity index (χ4v) is 1.83. The third-order valence-electron chi connectivity index (χ3n) is 2.91. The van der Waals surface area contributed by atoms with E-state index in [0.717, 1.165) is 17.7 Å². The summed E-state index contributed by atoms with van der Waals surface area (Å²) < 4.78 is 5.37. The molecule has 0 aliphatic carbocycles. The number of pyridine rings is 1. The van der Waals surface area contributed by atoms with Crippen LogP contribution in [0.3, 0.4) is 0 Å². The van der Waals surface area contributed by atoms with Gasteiger partial charge in [-0.2, -0.15) is 0 Å². The Morgan fingerprint density at radius 2 is 2.10 bits per heavy atom. The molecule has 1 aromatic heterocycles. The molecule has 0 unspecified atom stereocenters. The van der Waals surface area contributed by atoms with E-state index in [4.69, 9.17) is 4.74 Å². The number of benzene rings is 1. The zero-order chi connectivity index (χ0) is 14.9. The van der Waals surface area contributed by atoms with Gasteiger partial charge in [-0.15, -0.1) is 0 Å². The molecule has 1 heterocycles. The lowest BCUT2D eigenvalue weighted by Crippen LogP contribution is -2.25. The van der Waals surface area contributed by atoms with E-state index in [1.165, 1.54) is 0 Å². The molecular formula is C17H18N2O2. The number of hydrogen-bond donors (Lipinski definition) is 1. The summed E-state index contributed by atoms with van der Waals surface area (Å²) in [5.41, 5.74) is 1.72. The van der Waals surface area contributed by atoms with Gasteiger partial charge in [-0.25, -0.2) is 0 Å². The molecule has 0 bridgehead atoms. The van der Waals surface area contributed by atoms with E-state index in [2.05, 4.69) is 16.9 Å². The minimum Gasteiger partial charge on any atom is -0.490 e. The van der Waals surface area contributed by atoms with Crippen LogP contribution in [-0.2, 0) is 6.42 Å². The molecule has 108 valence electrons. The van der Waals surface area contributed by atoms with Gasteiger partial charge in [-0.1, -0.05) is 18.7 Å². The average molecular weight is 282 g/mol. The third-order valence-corrected chi connectivity index (χ3v) is 2.91. The van der Waals surface area contributed by atoms with Crippen molar-refractivity contribution < 1.29 is 9.53 Å². The molecule has 1 amide bonds. The molecule has 2 aromatic rings. The van der Waals surface area contributed by atoms with Gasteiger partial charge in [-0.05, 0) is 42.3 Å². The lowest BCUT2D eigenvalue weighted by atomic mass is 10.2. The normalized spacial score (nSPS) is 9.90. The van der Waals surface area contributed by atoms with Crippen LogP contribution in [0.2, 0.25) is 0 Å². The molecule has 0 aliphatic rings. The topological polar surface area (TPSA) is 51.2 Å². The van der Waals surface area contributed by atoms with Gasteiger partial charge >= 0.3 is 0 Å². The highest BCUT2D eigenvalue weighted by molar-refractivity contribution is 5.94. The first-order chi connectivity index (χ1) is 10.3. The summed E-state index contributed by atoms with van der Waals surface area (Å²) in [4.78, 5) is 16.0. The quantitative estimate of drug-likeness (QED) is 0.794. The number of nitrogens with zero attached hydrogens (tertiary/aromatic N) is 1. The van der Waals surface area contributed by atoms with E-state index >= 15 is 0 Å². The number of carbonyl (C=O) groups excluding carboxylic acids is 1. The van der Waals surface area contributed by atoms with Crippen molar-refractivity contribution in [3.8, 4) is 5.75 Å². The second kappa shape index (κ2) is 7.85. The number of carbonyl (C=O) groups is 1. The molecule has 0 aliphatic heterocycles. The lowest BCUT2D eigenvalue weighted by molar-refractivity contribution is 0.0954. The molecule has 0 spiro atoms. The zero-order valence-corrected chi connectivity index (χ0v) is 11.8. The standard InChI is InChI=1S/C17H18N2O2/c1-2-12-21-16-7-5-15(6-8-16)17(20)19-11-9-14-4-3-10-18-13-14/h2-8,10,13H,1,9,11-12H2,(H,19,20). The van der Waals surface area contributed by atoms with Crippen molar-refractivity contribution in [1.82, 2.24) is 10.3 Å². The van der Waals surface area contributed by atoms with Crippen LogP contribution in [0, 0.1) is 0 Å². The monoisotopic (exact) mass is 282 g/mol. The first-order valence-electron chi connectivity index (χ1n) is 6.80. The van der Waals surface area contributed by atoms with Crippen molar-refractivity contribution in [2.24, 2.45) is 0 Å². The Kier molecular flexibility index (Phi) is 5.52. The van der Waals surface area contributed by atoms with Crippen molar-refractivity contribution >= 4 is 5.91 Å². The smallest absolute Gasteiger partial charge is 0.251 e. The van der Waals surface area contributed by atoms with Crippen molar-refractivity contribution in [2.75, 3.05) is 13.2 Å². The number of nitrogens with one attached hydrogen (secondary N) is 1. The molecule has 4 heteroatoms. The third kappa shape index (κ3) is 4.76. The largest absolute Gasteiger partial charge is 0.490 e. The van der Waals surface area contributed by atoms with Crippen molar-refractivity contribution in [2.45, 2.75) is 6.42 Å². The molecule has 0 atom stereocenters. The van der Waals surface area contributed by atoms with E-state index in [1.54, 1.807) is 42.7 Å². The molecule has 2 rings (SSSR count). The number of amides is 1. The highest BCUT2D eigenvalue weighted by Gasteiger charge is 2.05. The minimum absolute atomic E-state index is 0.0887. The maximum atomic E-state index is 12.0. The van der Waals surface area contributed by atoms with E-state index in [-0.39, 0.29) is 5.91 Å². The number of aromatic nitrogens is 1. The predicted molar refractivity (Wildman–Crippen MR) is 82.4 cm³/mol. The van der Waals surface area contributed by atoms with Crippen LogP contribution < -0.4 is 10.1 Å². The minimum atomic E-state index is -0.0887. The van der Waals surface area contributed by atoms with E-state index < -0.39 is 0 Å². The highest BCUT2D eigenvalue weighted by atomic mass is 16.5. The molecule has 0 radical (unpaired) electrons. The summed E-state index contributed by atoms with van der Waals surface area (Å²) >= 11 is 0. The summed E-state index contributed by atoms with van der Waals surface area (Å²) in [5.74, 6) is 0.635. The number of rotatable bonds is 7. The predicted octanol–water partition coefficient (Wildman–Crippen LogP) is 2.62. The second-order valence-corrected chi connectivity index (χ2v) is 4.49. The number of hydrogen-bond acceptors (Lipinski definition) is 3. The van der Waals surface area contributed by atoms with Crippen LogP contribution >= 0.6 is 0 Å². The van der Waals surface area contributed by atoms with Crippen molar-refractivity contribution in [3.63, 3.8) is 0 Å². The van der Waals surface area contributed by atoms with Gasteiger partial charge in [0.25, 0.3) is 5.91 Å². The summed E-state index contributed by atoms with van der Waals surface area (Å²) in [6, 6.07) is 10.9. The Bertz CT molecular complexity index is 579. The Hall–Kier alpha value is -2.62. The Balaban J connectivity index is 1.81. The van der Waals surface area contributed by atoms with Gasteiger partial charge in [0.15, 0.2) is 0 Å². The summed E-state index contributed by atoms with van der Waals surface area (Å²) in [5, 5.41) is 2.89. The maximum absolute atomic E-state index is 12.0. The fourth-order valence-electron chi connectivity index (χ4n) is 1.83. The second-order valence-electron chi connectivity index (χ2n) is 4.49. The molecule has 0 fully saturated rings. The zero-order valence-electron chi connectivity index (χ0n) is 11.8. The van der Waals surface area contributed by atoms with Crippen LogP contribution in [-0.4, -0.2) is 24.0 Å². The molecule has 21 heavy (non-hydrogen) atoms. The fraction of sp³-hybridized carbons (Fsp3) is 0.176. The maximum Gasteiger partial charge on any atom is 0.251 e. The van der Waals surface area contributed by atoms with Crippen LogP contribution in [0.25, 0.3) is 0 Å². The lowest BCUT2D eigenvalue weighted by Gasteiger charge is -2.07. The Labute approximate surface area is 124 Å². The van der Waals surface area contributed by atoms with E-state index in [1.807, 2.05) is 12.1 Å². The summed E-state index contributed by atoms with van der Waals surface area (Å²) in [6.07, 6.45) is 5.98. The van der Waals surface area contributed by atoms with Gasteiger partial charge in [0, 0.05) is 24.5 Å². The molecular weight excluding hydrogens is 264 g/mol. The average Bonchev–Trinajstić information content (AvgIpc) is 2.54. The Morgan fingerprint density at radius 3 is 2.76 bits per heavy atom. The van der Waals surface area contributed by atoms with E-state index in [9.17, 15) is 4.79 Å². The highest BCUT2D eigenvalue weighted by Crippen LogP contribution is 2.12. The van der Waals surface area contributed by atoms with Crippen molar-refractivity contribution in [1.29, 1.82) is 0 Å². The first-order valence-corrected chi connectivity index (χ1v) is 6.80. The number of ether oxygens (including phenoxy) is 1. The van der Waals surface area contributed by atoms with Crippen molar-refractivity contribution in [3.05, 3.63) is 72.6 Å². The summed E-state index contributed by atoms with van der Waals surface area (Å²) in [7, 11) is 0. The summed E-state index contributed by atoms with van der Waals surface area (Å²) in [6.45, 7) is 4.62. The van der Waals surface area contributed by atoms with Gasteiger partial charge in [-0.3, -0.25) is 9.78 Å². The van der Waals surface area contributed by atoms with Gasteiger partial charge < -0.3 is 10.1 Å². The SMILES string of the molecule is C=CCOc1ccc(C(=O)NCCc2cccnc2)cc1. The van der Waals surface area contributed by atoms with Gasteiger partial charge in [0.2, 0.25) is 0 Å². The van der Waals surface area contributed by atoms with Crippen LogP contribution in [0.15, 0.2) is 61.4 Å². The first kappa shape index (κ1) is 14.8. The molecule has 4 nitrogen and oxygen atoms in total. The van der Waals surface area contributed by atoms with E-state index in [0.29, 0.717) is 18.7 Å². The van der Waals surface area contributed by atoms with Crippen LogP contribution in [0.4, 0.5) is 0 Å². The Morgan fingerprint density at radius 1 is 1.29 bits per heavy atom. The van der Waals surface area contributed by atoms with Gasteiger partial charge in [0.1, 0.15) is 12.4 Å². The molecule has 0 saturated heterocycles. The molecule has 0 saturated carbocycles. The van der Waals surface area contributed by atoms with Crippen LogP contribution in [0.1, 0.15) is 15.9 Å². The van der Waals surface area contributed by atoms with Crippen LogP contribution in [0.5, 0.6) is 5.75 Å². The molecule has 1 N–H and O–H groups in total. The van der Waals surface area contributed by atoms with Gasteiger partial charge in [0.05, 0.1) is 0 Å². The molecule has 1 aromatic carbocycles.